The molecule has 0 saturated heterocycles. The highest BCUT2D eigenvalue weighted by Crippen LogP contribution is 2.14. The molecule has 0 unspecified atom stereocenters. The topological polar surface area (TPSA) is 49.8 Å². The molecule has 4 heteroatoms. The van der Waals surface area contributed by atoms with Crippen LogP contribution in [0.1, 0.15) is 34.1 Å². The molecule has 1 N–H and O–H groups in total. The monoisotopic (exact) mass is 203 g/mol. The third kappa shape index (κ3) is 4.46. The van der Waals surface area contributed by atoms with E-state index in [-0.39, 0.29) is 18.2 Å². The number of carbonyl (C=O) groups excluding carboxylic acids is 1. The van der Waals surface area contributed by atoms with Crippen molar-refractivity contribution < 1.29 is 14.6 Å². The van der Waals surface area contributed by atoms with Crippen molar-refractivity contribution in [2.45, 2.75) is 39.7 Å². The van der Waals surface area contributed by atoms with E-state index in [1.165, 1.54) is 0 Å². The molecule has 0 aromatic carbocycles. The van der Waals surface area contributed by atoms with Crippen molar-refractivity contribution in [1.29, 1.82) is 0 Å². The van der Waals surface area contributed by atoms with Crippen LogP contribution in [0.3, 0.4) is 0 Å². The van der Waals surface area contributed by atoms with E-state index in [9.17, 15) is 4.79 Å². The van der Waals surface area contributed by atoms with Crippen LogP contribution >= 0.6 is 0 Å². The molecule has 0 saturated carbocycles. The number of aliphatic hydroxyl groups is 1. The average Bonchev–Trinajstić information content (AvgIpc) is 2.03. The first-order valence-electron chi connectivity index (χ1n) is 4.98. The lowest BCUT2D eigenvalue weighted by atomic mass is 10.1. The zero-order chi connectivity index (χ0) is 11.2. The standard InChI is InChI=1S/C10H21NO3/c1-5-14-9(13)11(7-6-8-12)10(2,3)4/h12H,5-8H2,1-4H3. The Morgan fingerprint density at radius 3 is 2.36 bits per heavy atom. The molecule has 14 heavy (non-hydrogen) atoms. The summed E-state index contributed by atoms with van der Waals surface area (Å²) >= 11 is 0. The molecular weight excluding hydrogens is 182 g/mol. The Morgan fingerprint density at radius 2 is 2.00 bits per heavy atom. The third-order valence-electron chi connectivity index (χ3n) is 1.84. The van der Waals surface area contributed by atoms with Gasteiger partial charge >= 0.3 is 6.09 Å². The molecule has 0 aromatic rings. The number of carbonyl (C=O) groups is 1. The maximum Gasteiger partial charge on any atom is 0.410 e. The summed E-state index contributed by atoms with van der Waals surface area (Å²) < 4.78 is 4.93. The lowest BCUT2D eigenvalue weighted by Crippen LogP contribution is -2.46. The SMILES string of the molecule is CCOC(=O)N(CCCO)C(C)(C)C. The normalized spacial score (nSPS) is 11.2. The number of hydrogen-bond donors (Lipinski definition) is 1. The predicted octanol–water partition coefficient (Wildman–Crippen LogP) is 1.63. The third-order valence-corrected chi connectivity index (χ3v) is 1.84. The van der Waals surface area contributed by atoms with Gasteiger partial charge in [-0.1, -0.05) is 0 Å². The van der Waals surface area contributed by atoms with E-state index < -0.39 is 0 Å². The van der Waals surface area contributed by atoms with Crippen molar-refractivity contribution in [2.75, 3.05) is 19.8 Å². The second-order valence-corrected chi connectivity index (χ2v) is 4.10. The van der Waals surface area contributed by atoms with Crippen LogP contribution in [0.25, 0.3) is 0 Å². The molecule has 0 aliphatic carbocycles. The van der Waals surface area contributed by atoms with Crippen molar-refractivity contribution in [1.82, 2.24) is 4.90 Å². The van der Waals surface area contributed by atoms with Gasteiger partial charge < -0.3 is 14.7 Å². The molecule has 0 radical (unpaired) electrons. The zero-order valence-corrected chi connectivity index (χ0v) is 9.54. The predicted molar refractivity (Wildman–Crippen MR) is 55.2 cm³/mol. The summed E-state index contributed by atoms with van der Waals surface area (Å²) in [4.78, 5) is 13.1. The Labute approximate surface area is 85.9 Å². The highest BCUT2D eigenvalue weighted by atomic mass is 16.6. The number of ether oxygens (including phenoxy) is 1. The van der Waals surface area contributed by atoms with E-state index in [2.05, 4.69) is 0 Å². The number of rotatable bonds is 4. The van der Waals surface area contributed by atoms with Gasteiger partial charge in [0.15, 0.2) is 0 Å². The molecule has 0 atom stereocenters. The number of hydrogen-bond acceptors (Lipinski definition) is 3. The maximum atomic E-state index is 11.5. The highest BCUT2D eigenvalue weighted by molar-refractivity contribution is 5.68. The van der Waals surface area contributed by atoms with Gasteiger partial charge in [0.1, 0.15) is 0 Å². The Bertz CT molecular complexity index is 175. The Hall–Kier alpha value is -0.770. The molecule has 0 aromatic heterocycles. The van der Waals surface area contributed by atoms with Crippen LogP contribution in [0.5, 0.6) is 0 Å². The van der Waals surface area contributed by atoms with Gasteiger partial charge in [-0.3, -0.25) is 0 Å². The maximum absolute atomic E-state index is 11.5. The number of aliphatic hydroxyl groups excluding tert-OH is 1. The zero-order valence-electron chi connectivity index (χ0n) is 9.54. The van der Waals surface area contributed by atoms with Crippen molar-refractivity contribution in [2.24, 2.45) is 0 Å². The molecule has 0 bridgehead atoms. The van der Waals surface area contributed by atoms with Crippen LogP contribution in [-0.2, 0) is 4.74 Å². The quantitative estimate of drug-likeness (QED) is 0.755. The average molecular weight is 203 g/mol. The molecule has 0 aliphatic heterocycles. The summed E-state index contributed by atoms with van der Waals surface area (Å²) in [7, 11) is 0. The molecule has 0 spiro atoms. The fourth-order valence-corrected chi connectivity index (χ4v) is 1.13. The summed E-state index contributed by atoms with van der Waals surface area (Å²) in [6.45, 7) is 8.62. The van der Waals surface area contributed by atoms with Gasteiger partial charge in [-0.05, 0) is 34.1 Å². The van der Waals surface area contributed by atoms with Crippen molar-refractivity contribution in [3.63, 3.8) is 0 Å². The van der Waals surface area contributed by atoms with Crippen LogP contribution in [0.4, 0.5) is 4.79 Å². The first-order chi connectivity index (χ1) is 6.43. The fraction of sp³-hybridized carbons (Fsp3) is 0.900. The molecule has 84 valence electrons. The molecule has 0 rings (SSSR count). The van der Waals surface area contributed by atoms with Gasteiger partial charge in [0, 0.05) is 18.7 Å². The minimum Gasteiger partial charge on any atom is -0.450 e. The van der Waals surface area contributed by atoms with E-state index in [0.717, 1.165) is 0 Å². The van der Waals surface area contributed by atoms with Crippen LogP contribution in [0.2, 0.25) is 0 Å². The van der Waals surface area contributed by atoms with Gasteiger partial charge in [0.2, 0.25) is 0 Å². The largest absolute Gasteiger partial charge is 0.450 e. The van der Waals surface area contributed by atoms with Crippen LogP contribution in [0, 0.1) is 0 Å². The number of nitrogens with zero attached hydrogens (tertiary/aromatic N) is 1. The van der Waals surface area contributed by atoms with E-state index in [0.29, 0.717) is 19.6 Å². The minimum atomic E-state index is -0.312. The lowest BCUT2D eigenvalue weighted by Gasteiger charge is -2.34. The second kappa shape index (κ2) is 5.86. The summed E-state index contributed by atoms with van der Waals surface area (Å²) in [5.41, 5.74) is -0.262. The summed E-state index contributed by atoms with van der Waals surface area (Å²) in [5.74, 6) is 0. The smallest absolute Gasteiger partial charge is 0.410 e. The molecular formula is C10H21NO3. The second-order valence-electron chi connectivity index (χ2n) is 4.10. The van der Waals surface area contributed by atoms with E-state index in [4.69, 9.17) is 9.84 Å². The van der Waals surface area contributed by atoms with Crippen LogP contribution in [0.15, 0.2) is 0 Å². The van der Waals surface area contributed by atoms with Crippen LogP contribution < -0.4 is 0 Å². The molecule has 1 amide bonds. The van der Waals surface area contributed by atoms with E-state index in [1.54, 1.807) is 11.8 Å². The van der Waals surface area contributed by atoms with Crippen molar-refractivity contribution in [3.8, 4) is 0 Å². The van der Waals surface area contributed by atoms with Crippen molar-refractivity contribution in [3.05, 3.63) is 0 Å². The fourth-order valence-electron chi connectivity index (χ4n) is 1.13. The first kappa shape index (κ1) is 13.2. The Morgan fingerprint density at radius 1 is 1.43 bits per heavy atom. The number of amides is 1. The minimum absolute atomic E-state index is 0.0893. The van der Waals surface area contributed by atoms with Gasteiger partial charge in [-0.15, -0.1) is 0 Å². The highest BCUT2D eigenvalue weighted by Gasteiger charge is 2.26. The molecule has 0 aliphatic rings. The first-order valence-corrected chi connectivity index (χ1v) is 4.98. The van der Waals surface area contributed by atoms with E-state index in [1.807, 2.05) is 20.8 Å². The van der Waals surface area contributed by atoms with E-state index >= 15 is 0 Å². The summed E-state index contributed by atoms with van der Waals surface area (Å²) in [5, 5.41) is 8.71. The van der Waals surface area contributed by atoms with Crippen LogP contribution in [-0.4, -0.2) is 41.4 Å². The van der Waals surface area contributed by atoms with Gasteiger partial charge in [-0.25, -0.2) is 4.79 Å². The molecule has 0 fully saturated rings. The van der Waals surface area contributed by atoms with Gasteiger partial charge in [0.25, 0.3) is 0 Å². The Kier molecular flexibility index (Phi) is 5.53. The van der Waals surface area contributed by atoms with Gasteiger partial charge in [0.05, 0.1) is 6.61 Å². The van der Waals surface area contributed by atoms with Crippen molar-refractivity contribution >= 4 is 6.09 Å². The Balaban J connectivity index is 4.31. The summed E-state index contributed by atoms with van der Waals surface area (Å²) in [6.07, 6.45) is 0.268. The lowest BCUT2D eigenvalue weighted by molar-refractivity contribution is 0.0678. The summed E-state index contributed by atoms with van der Waals surface area (Å²) in [6, 6.07) is 0. The van der Waals surface area contributed by atoms with Gasteiger partial charge in [-0.2, -0.15) is 0 Å². The molecule has 4 nitrogen and oxygen atoms in total. The molecule has 0 heterocycles.